The van der Waals surface area contributed by atoms with E-state index in [1.165, 1.54) is 31.5 Å². The topological polar surface area (TPSA) is 20.3 Å². The number of carbonyl (C=O) groups is 1. The minimum Gasteiger partial charge on any atom is -0.300 e. The summed E-state index contributed by atoms with van der Waals surface area (Å²) in [7, 11) is 0. The zero-order valence-electron chi connectivity index (χ0n) is 10.2. The molecule has 0 bridgehead atoms. The molecule has 1 heterocycles. The zero-order chi connectivity index (χ0) is 12.3. The monoisotopic (exact) mass is 251 g/mol. The number of hydrogen-bond acceptors (Lipinski definition) is 2. The van der Waals surface area contributed by atoms with Gasteiger partial charge in [0.05, 0.1) is 0 Å². The molecule has 0 radical (unpaired) electrons. The molecule has 1 aromatic rings. The smallest absolute Gasteiger partial charge is 0.134 e. The zero-order valence-corrected chi connectivity index (χ0v) is 11.0. The molecule has 0 aromatic heterocycles. The molecule has 1 aliphatic heterocycles. The van der Waals surface area contributed by atoms with Gasteiger partial charge < -0.3 is 0 Å². The molecular formula is C14H18ClNO. The van der Waals surface area contributed by atoms with Crippen LogP contribution < -0.4 is 0 Å². The Morgan fingerprint density at radius 1 is 1.35 bits per heavy atom. The number of Topliss-reactive ketones (excluding diaryl/α,β-unsaturated/α-hetero) is 1. The van der Waals surface area contributed by atoms with Crippen molar-refractivity contribution < 1.29 is 4.79 Å². The summed E-state index contributed by atoms with van der Waals surface area (Å²) in [5, 5.41) is 0.788. The highest BCUT2D eigenvalue weighted by Crippen LogP contribution is 2.21. The highest BCUT2D eigenvalue weighted by molar-refractivity contribution is 6.31. The van der Waals surface area contributed by atoms with E-state index in [4.69, 9.17) is 11.6 Å². The maximum atomic E-state index is 11.0. The summed E-state index contributed by atoms with van der Waals surface area (Å²) in [5.74, 6) is 0.174. The Hall–Kier alpha value is -0.860. The van der Waals surface area contributed by atoms with E-state index < -0.39 is 0 Å². The molecule has 0 saturated carbocycles. The van der Waals surface area contributed by atoms with Crippen LogP contribution in [0.3, 0.4) is 0 Å². The van der Waals surface area contributed by atoms with Crippen LogP contribution in [0, 0.1) is 0 Å². The Balaban J connectivity index is 2.05. The van der Waals surface area contributed by atoms with Crippen molar-refractivity contribution in [2.75, 3.05) is 13.1 Å². The predicted molar refractivity (Wildman–Crippen MR) is 70.3 cm³/mol. The number of nitrogens with zero attached hydrogens (tertiary/aromatic N) is 1. The quantitative estimate of drug-likeness (QED) is 0.820. The fourth-order valence-corrected chi connectivity index (χ4v) is 2.56. The third-order valence-electron chi connectivity index (χ3n) is 3.16. The largest absolute Gasteiger partial charge is 0.300 e. The number of likely N-dealkylation sites (tertiary alicyclic amines) is 1. The SMILES string of the molecule is CC(=O)Cc1ccc(CN2CCCC2)c(Cl)c1. The van der Waals surface area contributed by atoms with E-state index in [-0.39, 0.29) is 5.78 Å². The second-order valence-electron chi connectivity index (χ2n) is 4.79. The van der Waals surface area contributed by atoms with Crippen LogP contribution in [-0.2, 0) is 17.8 Å². The molecule has 0 spiro atoms. The van der Waals surface area contributed by atoms with E-state index >= 15 is 0 Å². The number of benzene rings is 1. The summed E-state index contributed by atoms with van der Waals surface area (Å²) >= 11 is 6.25. The van der Waals surface area contributed by atoms with Gasteiger partial charge in [0.1, 0.15) is 5.78 Å². The van der Waals surface area contributed by atoms with E-state index in [0.29, 0.717) is 6.42 Å². The Kier molecular flexibility index (Phi) is 4.19. The second-order valence-corrected chi connectivity index (χ2v) is 5.20. The van der Waals surface area contributed by atoms with Gasteiger partial charge in [0.2, 0.25) is 0 Å². The van der Waals surface area contributed by atoms with Gasteiger partial charge >= 0.3 is 0 Å². The number of ketones is 1. The van der Waals surface area contributed by atoms with Crippen molar-refractivity contribution in [3.8, 4) is 0 Å². The first-order valence-corrected chi connectivity index (χ1v) is 6.52. The van der Waals surface area contributed by atoms with Crippen molar-refractivity contribution in [3.63, 3.8) is 0 Å². The first kappa shape index (κ1) is 12.6. The van der Waals surface area contributed by atoms with Crippen molar-refractivity contribution in [2.45, 2.75) is 32.7 Å². The molecule has 0 amide bonds. The van der Waals surface area contributed by atoms with Gasteiger partial charge in [-0.1, -0.05) is 23.7 Å². The molecule has 1 saturated heterocycles. The van der Waals surface area contributed by atoms with Gasteiger partial charge in [-0.05, 0) is 50.0 Å². The molecule has 92 valence electrons. The van der Waals surface area contributed by atoms with Crippen LogP contribution in [0.25, 0.3) is 0 Å². The van der Waals surface area contributed by atoms with Crippen LogP contribution in [0.2, 0.25) is 5.02 Å². The van der Waals surface area contributed by atoms with Crippen molar-refractivity contribution in [3.05, 3.63) is 34.3 Å². The van der Waals surface area contributed by atoms with Gasteiger partial charge in [-0.3, -0.25) is 9.69 Å². The van der Waals surface area contributed by atoms with E-state index in [2.05, 4.69) is 11.0 Å². The third-order valence-corrected chi connectivity index (χ3v) is 3.52. The summed E-state index contributed by atoms with van der Waals surface area (Å²) in [5.41, 5.74) is 2.17. The number of carbonyl (C=O) groups excluding carboxylic acids is 1. The maximum absolute atomic E-state index is 11.0. The predicted octanol–water partition coefficient (Wildman–Crippen LogP) is 3.07. The molecule has 3 heteroatoms. The van der Waals surface area contributed by atoms with Gasteiger partial charge in [0.15, 0.2) is 0 Å². The number of rotatable bonds is 4. The summed E-state index contributed by atoms with van der Waals surface area (Å²) in [4.78, 5) is 13.5. The molecule has 0 N–H and O–H groups in total. The molecule has 17 heavy (non-hydrogen) atoms. The lowest BCUT2D eigenvalue weighted by Gasteiger charge is -2.16. The molecule has 1 fully saturated rings. The van der Waals surface area contributed by atoms with Gasteiger partial charge in [-0.2, -0.15) is 0 Å². The first-order chi connectivity index (χ1) is 8.15. The molecular weight excluding hydrogens is 234 g/mol. The standard InChI is InChI=1S/C14H18ClNO/c1-11(17)8-12-4-5-13(14(15)9-12)10-16-6-2-3-7-16/h4-5,9H,2-3,6-8,10H2,1H3. The summed E-state index contributed by atoms with van der Waals surface area (Å²) in [6, 6.07) is 5.99. The van der Waals surface area contributed by atoms with Crippen molar-refractivity contribution >= 4 is 17.4 Å². The van der Waals surface area contributed by atoms with E-state index in [1.54, 1.807) is 6.92 Å². The minimum atomic E-state index is 0.174. The normalized spacial score (nSPS) is 16.4. The average Bonchev–Trinajstić information content (AvgIpc) is 2.74. The Bertz CT molecular complexity index is 411. The van der Waals surface area contributed by atoms with Crippen LogP contribution in [0.4, 0.5) is 0 Å². The van der Waals surface area contributed by atoms with Crippen molar-refractivity contribution in [2.24, 2.45) is 0 Å². The van der Waals surface area contributed by atoms with Crippen LogP contribution in [0.5, 0.6) is 0 Å². The Morgan fingerprint density at radius 3 is 2.65 bits per heavy atom. The third kappa shape index (κ3) is 3.55. The molecule has 0 unspecified atom stereocenters. The lowest BCUT2D eigenvalue weighted by molar-refractivity contribution is -0.116. The number of halogens is 1. The fourth-order valence-electron chi connectivity index (χ4n) is 2.30. The average molecular weight is 252 g/mol. The summed E-state index contributed by atoms with van der Waals surface area (Å²) < 4.78 is 0. The fraction of sp³-hybridized carbons (Fsp3) is 0.500. The lowest BCUT2D eigenvalue weighted by Crippen LogP contribution is -2.18. The van der Waals surface area contributed by atoms with Crippen LogP contribution in [-0.4, -0.2) is 23.8 Å². The Morgan fingerprint density at radius 2 is 2.06 bits per heavy atom. The summed E-state index contributed by atoms with van der Waals surface area (Å²) in [6.07, 6.45) is 3.06. The van der Waals surface area contributed by atoms with Crippen molar-refractivity contribution in [1.82, 2.24) is 4.90 Å². The number of hydrogen-bond donors (Lipinski definition) is 0. The highest BCUT2D eigenvalue weighted by Gasteiger charge is 2.13. The van der Waals surface area contributed by atoms with E-state index in [9.17, 15) is 4.79 Å². The van der Waals surface area contributed by atoms with E-state index in [0.717, 1.165) is 17.1 Å². The molecule has 2 nitrogen and oxygen atoms in total. The first-order valence-electron chi connectivity index (χ1n) is 6.14. The van der Waals surface area contributed by atoms with Crippen molar-refractivity contribution in [1.29, 1.82) is 0 Å². The molecule has 1 aliphatic rings. The minimum absolute atomic E-state index is 0.174. The molecule has 1 aromatic carbocycles. The van der Waals surface area contributed by atoms with Crippen LogP contribution in [0.15, 0.2) is 18.2 Å². The van der Waals surface area contributed by atoms with Gasteiger partial charge in [0, 0.05) is 18.0 Å². The maximum Gasteiger partial charge on any atom is 0.134 e. The van der Waals surface area contributed by atoms with Gasteiger partial charge in [-0.25, -0.2) is 0 Å². The van der Waals surface area contributed by atoms with Gasteiger partial charge in [-0.15, -0.1) is 0 Å². The molecule has 2 rings (SSSR count). The Labute approximate surface area is 108 Å². The molecule has 0 aliphatic carbocycles. The lowest BCUT2D eigenvalue weighted by atomic mass is 10.1. The van der Waals surface area contributed by atoms with Crippen LogP contribution in [0.1, 0.15) is 30.9 Å². The molecule has 0 atom stereocenters. The summed E-state index contributed by atoms with van der Waals surface area (Å²) in [6.45, 7) is 4.88. The van der Waals surface area contributed by atoms with Gasteiger partial charge in [0.25, 0.3) is 0 Å². The van der Waals surface area contributed by atoms with E-state index in [1.807, 2.05) is 12.1 Å². The highest BCUT2D eigenvalue weighted by atomic mass is 35.5. The van der Waals surface area contributed by atoms with Crippen LogP contribution >= 0.6 is 11.6 Å². The second kappa shape index (κ2) is 5.65.